The zero-order valence-corrected chi connectivity index (χ0v) is 11.7. The molecule has 0 aromatic carbocycles. The second-order valence-corrected chi connectivity index (χ2v) is 7.26. The highest BCUT2D eigenvalue weighted by Gasteiger charge is 2.65. The number of ether oxygens (including phenoxy) is 1. The summed E-state index contributed by atoms with van der Waals surface area (Å²) in [6.45, 7) is 0. The molecule has 0 amide bonds. The van der Waals surface area contributed by atoms with Gasteiger partial charge >= 0.3 is 0 Å². The summed E-state index contributed by atoms with van der Waals surface area (Å²) in [7, 11) is 0. The smallest absolute Gasteiger partial charge is 0.225 e. The van der Waals surface area contributed by atoms with Gasteiger partial charge in [0.15, 0.2) is 0 Å². The van der Waals surface area contributed by atoms with Crippen molar-refractivity contribution in [1.82, 2.24) is 0 Å². The summed E-state index contributed by atoms with van der Waals surface area (Å²) >= 11 is 11.5. The van der Waals surface area contributed by atoms with Crippen LogP contribution in [0.1, 0.15) is 25.7 Å². The molecule has 4 aliphatic rings. The van der Waals surface area contributed by atoms with Crippen LogP contribution in [0.4, 0.5) is 0 Å². The molecule has 0 heterocycles. The van der Waals surface area contributed by atoms with E-state index >= 15 is 0 Å². The largest absolute Gasteiger partial charge is 0.362 e. The predicted molar refractivity (Wildman–Crippen MR) is 69.4 cm³/mol. The van der Waals surface area contributed by atoms with Gasteiger partial charge in [-0.3, -0.25) is 4.79 Å². The van der Waals surface area contributed by atoms with E-state index in [-0.39, 0.29) is 11.2 Å². The van der Waals surface area contributed by atoms with Crippen molar-refractivity contribution in [2.45, 2.75) is 31.8 Å². The molecule has 0 aromatic heterocycles. The number of hydrogen-bond donors (Lipinski definition) is 0. The third-order valence-corrected chi connectivity index (χ3v) is 6.73. The number of carbonyl (C=O) groups is 1. The maximum atomic E-state index is 11.5. The number of halogens is 2. The van der Waals surface area contributed by atoms with Crippen molar-refractivity contribution in [3.8, 4) is 0 Å². The topological polar surface area (TPSA) is 26.3 Å². The maximum Gasteiger partial charge on any atom is 0.225 e. The van der Waals surface area contributed by atoms with Gasteiger partial charge in [0.25, 0.3) is 0 Å². The first-order valence-corrected chi connectivity index (χ1v) is 7.99. The zero-order valence-electron chi connectivity index (χ0n) is 10.2. The van der Waals surface area contributed by atoms with Gasteiger partial charge in [-0.2, -0.15) is 0 Å². The first kappa shape index (κ1) is 12.0. The monoisotopic (exact) mass is 288 g/mol. The number of carbonyl (C=O) groups excluding carboxylic acids is 1. The molecule has 18 heavy (non-hydrogen) atoms. The van der Waals surface area contributed by atoms with E-state index in [1.54, 1.807) is 0 Å². The van der Waals surface area contributed by atoms with Crippen molar-refractivity contribution < 1.29 is 9.53 Å². The van der Waals surface area contributed by atoms with Crippen molar-refractivity contribution in [1.29, 1.82) is 0 Å². The van der Waals surface area contributed by atoms with Crippen LogP contribution in [0.2, 0.25) is 0 Å². The molecule has 0 radical (unpaired) electrons. The van der Waals surface area contributed by atoms with E-state index < -0.39 is 0 Å². The molecule has 2 nitrogen and oxygen atoms in total. The van der Waals surface area contributed by atoms with Gasteiger partial charge in [-0.1, -0.05) is 11.6 Å². The summed E-state index contributed by atoms with van der Waals surface area (Å²) < 4.78 is 5.70. The molecular formula is C14H18Cl2O2. The summed E-state index contributed by atoms with van der Waals surface area (Å²) in [5, 5.41) is -0.0859. The van der Waals surface area contributed by atoms with E-state index in [1.165, 1.54) is 12.8 Å². The molecule has 4 bridgehead atoms. The second kappa shape index (κ2) is 4.10. The molecule has 8 unspecified atom stereocenters. The van der Waals surface area contributed by atoms with Crippen LogP contribution >= 0.6 is 23.2 Å². The van der Waals surface area contributed by atoms with Gasteiger partial charge in [0, 0.05) is 5.92 Å². The van der Waals surface area contributed by atoms with Crippen LogP contribution in [0, 0.1) is 41.4 Å². The van der Waals surface area contributed by atoms with Crippen LogP contribution in [-0.4, -0.2) is 17.4 Å². The minimum absolute atomic E-state index is 0.0859. The minimum atomic E-state index is -0.0859. The van der Waals surface area contributed by atoms with Gasteiger partial charge in [-0.05, 0) is 72.8 Å². The molecule has 4 fully saturated rings. The Labute approximate surface area is 117 Å². The third kappa shape index (κ3) is 1.43. The molecule has 100 valence electrons. The SMILES string of the molecule is O=C(Cl)C1CC2CC1C1C3CC(OCCl)C(C3)C21. The molecule has 0 aliphatic heterocycles. The predicted octanol–water partition coefficient (Wildman–Crippen LogP) is 3.26. The zero-order chi connectivity index (χ0) is 12.4. The number of rotatable bonds is 3. The standard InChI is InChI=1S/C14H18Cl2O2/c15-5-18-11-4-7-3-10(11)13-6-1-8(12(7)13)9(2-6)14(16)17/h6-13H,1-5H2. The molecule has 0 N–H and O–H groups in total. The quantitative estimate of drug-likeness (QED) is 0.453. The van der Waals surface area contributed by atoms with Gasteiger partial charge < -0.3 is 4.74 Å². The second-order valence-electron chi connectivity index (χ2n) is 6.67. The van der Waals surface area contributed by atoms with Gasteiger partial charge in [-0.15, -0.1) is 0 Å². The summed E-state index contributed by atoms with van der Waals surface area (Å²) in [6, 6.07) is 0.322. The van der Waals surface area contributed by atoms with Gasteiger partial charge in [0.1, 0.15) is 6.07 Å². The number of hydrogen-bond acceptors (Lipinski definition) is 2. The lowest BCUT2D eigenvalue weighted by Gasteiger charge is -2.40. The van der Waals surface area contributed by atoms with Gasteiger partial charge in [0.05, 0.1) is 6.10 Å². The van der Waals surface area contributed by atoms with Crippen molar-refractivity contribution in [2.75, 3.05) is 6.07 Å². The molecule has 0 aromatic rings. The Hall–Kier alpha value is 0.210. The van der Waals surface area contributed by atoms with E-state index in [1.807, 2.05) is 0 Å². The Bertz CT molecular complexity index is 384. The normalized spacial score (nSPS) is 56.1. The van der Waals surface area contributed by atoms with E-state index in [4.69, 9.17) is 27.9 Å². The Kier molecular flexibility index (Phi) is 2.73. The summed E-state index contributed by atoms with van der Waals surface area (Å²) in [5.41, 5.74) is 0. The van der Waals surface area contributed by atoms with Gasteiger partial charge in [0.2, 0.25) is 5.24 Å². The summed E-state index contributed by atoms with van der Waals surface area (Å²) in [4.78, 5) is 11.5. The fraction of sp³-hybridized carbons (Fsp3) is 0.929. The van der Waals surface area contributed by atoms with Gasteiger partial charge in [-0.25, -0.2) is 0 Å². The molecule has 4 rings (SSSR count). The van der Waals surface area contributed by atoms with Crippen molar-refractivity contribution in [3.63, 3.8) is 0 Å². The Morgan fingerprint density at radius 3 is 2.44 bits per heavy atom. The van der Waals surface area contributed by atoms with E-state index in [9.17, 15) is 4.79 Å². The van der Waals surface area contributed by atoms with Crippen LogP contribution in [0.3, 0.4) is 0 Å². The van der Waals surface area contributed by atoms with Crippen molar-refractivity contribution in [3.05, 3.63) is 0 Å². The number of fused-ring (bicyclic) bond motifs is 9. The molecule has 4 heteroatoms. The Morgan fingerprint density at radius 2 is 1.72 bits per heavy atom. The van der Waals surface area contributed by atoms with Crippen LogP contribution in [0.25, 0.3) is 0 Å². The summed E-state index contributed by atoms with van der Waals surface area (Å²) in [5.74, 6) is 4.50. The van der Waals surface area contributed by atoms with Crippen LogP contribution in [0.5, 0.6) is 0 Å². The first-order valence-electron chi connectivity index (χ1n) is 7.07. The van der Waals surface area contributed by atoms with E-state index in [2.05, 4.69) is 0 Å². The third-order valence-electron chi connectivity index (χ3n) is 6.33. The molecule has 4 aliphatic carbocycles. The number of alkyl halides is 1. The van der Waals surface area contributed by atoms with E-state index in [0.717, 1.165) is 36.5 Å². The lowest BCUT2D eigenvalue weighted by Crippen LogP contribution is -2.39. The molecule has 0 saturated heterocycles. The minimum Gasteiger partial charge on any atom is -0.362 e. The maximum absolute atomic E-state index is 11.5. The highest BCUT2D eigenvalue weighted by molar-refractivity contribution is 6.64. The Balaban J connectivity index is 1.58. The lowest BCUT2D eigenvalue weighted by atomic mass is 9.67. The fourth-order valence-electron chi connectivity index (χ4n) is 6.07. The highest BCUT2D eigenvalue weighted by Crippen LogP contribution is 2.69. The molecule has 8 atom stereocenters. The molecule has 0 spiro atoms. The van der Waals surface area contributed by atoms with Crippen LogP contribution < -0.4 is 0 Å². The molecule has 4 saturated carbocycles. The van der Waals surface area contributed by atoms with Crippen molar-refractivity contribution >= 4 is 28.4 Å². The lowest BCUT2D eigenvalue weighted by molar-refractivity contribution is -0.118. The fourth-order valence-corrected chi connectivity index (χ4v) is 6.49. The highest BCUT2D eigenvalue weighted by atomic mass is 35.5. The van der Waals surface area contributed by atoms with Crippen LogP contribution in [-0.2, 0) is 9.53 Å². The first-order chi connectivity index (χ1) is 8.70. The molecular weight excluding hydrogens is 271 g/mol. The van der Waals surface area contributed by atoms with Crippen LogP contribution in [0.15, 0.2) is 0 Å². The Morgan fingerprint density at radius 1 is 1.06 bits per heavy atom. The van der Waals surface area contributed by atoms with Crippen molar-refractivity contribution in [2.24, 2.45) is 41.4 Å². The summed E-state index contributed by atoms with van der Waals surface area (Å²) in [6.07, 6.45) is 5.11. The average molecular weight is 289 g/mol. The van der Waals surface area contributed by atoms with E-state index in [0.29, 0.717) is 24.0 Å². The average Bonchev–Trinajstić information content (AvgIpc) is 3.05.